The van der Waals surface area contributed by atoms with Gasteiger partial charge in [-0.05, 0) is 50.0 Å². The quantitative estimate of drug-likeness (QED) is 0.437. The highest BCUT2D eigenvalue weighted by atomic mass is 16.5. The third-order valence-electron chi connectivity index (χ3n) is 4.59. The van der Waals surface area contributed by atoms with Crippen LogP contribution in [0.1, 0.15) is 44.2 Å². The fourth-order valence-corrected chi connectivity index (χ4v) is 3.13. The van der Waals surface area contributed by atoms with Crippen LogP contribution in [0.3, 0.4) is 0 Å². The molecule has 1 unspecified atom stereocenters. The van der Waals surface area contributed by atoms with E-state index in [4.69, 9.17) is 4.74 Å². The monoisotopic (exact) mass is 332 g/mol. The van der Waals surface area contributed by atoms with Crippen LogP contribution in [0.5, 0.6) is 5.75 Å². The maximum Gasteiger partial charge on any atom is 0.191 e. The third kappa shape index (κ3) is 5.41. The normalized spacial score (nSPS) is 16.9. The molecule has 0 spiro atoms. The average Bonchev–Trinajstić information content (AvgIpc) is 3.15. The summed E-state index contributed by atoms with van der Waals surface area (Å²) in [6.45, 7) is 6.36. The number of nitrogens with one attached hydrogen (secondary N) is 2. The summed E-state index contributed by atoms with van der Waals surface area (Å²) in [6, 6.07) is 8.82. The number of benzene rings is 1. The van der Waals surface area contributed by atoms with Gasteiger partial charge in [0.05, 0.1) is 13.2 Å². The highest BCUT2D eigenvalue weighted by molar-refractivity contribution is 5.79. The van der Waals surface area contributed by atoms with E-state index < -0.39 is 0 Å². The van der Waals surface area contributed by atoms with Gasteiger partial charge in [0.2, 0.25) is 0 Å². The molecule has 0 aliphatic carbocycles. The molecule has 1 heterocycles. The maximum atomic E-state index is 5.29. The van der Waals surface area contributed by atoms with Gasteiger partial charge in [0.1, 0.15) is 5.75 Å². The van der Waals surface area contributed by atoms with Crippen LogP contribution in [0.4, 0.5) is 0 Å². The van der Waals surface area contributed by atoms with Crippen molar-refractivity contribution in [3.8, 4) is 5.75 Å². The van der Waals surface area contributed by atoms with Gasteiger partial charge < -0.3 is 15.4 Å². The van der Waals surface area contributed by atoms with E-state index in [9.17, 15) is 0 Å². The number of hydrogen-bond donors (Lipinski definition) is 2. The van der Waals surface area contributed by atoms with Crippen LogP contribution in [0.15, 0.2) is 29.3 Å². The van der Waals surface area contributed by atoms with Gasteiger partial charge in [0.15, 0.2) is 5.96 Å². The van der Waals surface area contributed by atoms with Gasteiger partial charge in [0.25, 0.3) is 0 Å². The number of guanidine groups is 1. The van der Waals surface area contributed by atoms with E-state index in [0.717, 1.165) is 31.2 Å². The molecular weight excluding hydrogens is 300 g/mol. The average molecular weight is 332 g/mol. The molecule has 0 bridgehead atoms. The van der Waals surface area contributed by atoms with Crippen molar-refractivity contribution in [2.45, 2.75) is 38.6 Å². The molecule has 2 rings (SSSR count). The van der Waals surface area contributed by atoms with Gasteiger partial charge in [-0.2, -0.15) is 0 Å². The molecule has 24 heavy (non-hydrogen) atoms. The molecule has 1 aromatic carbocycles. The smallest absolute Gasteiger partial charge is 0.191 e. The van der Waals surface area contributed by atoms with Gasteiger partial charge >= 0.3 is 0 Å². The lowest BCUT2D eigenvalue weighted by Crippen LogP contribution is -2.42. The Morgan fingerprint density at radius 3 is 2.50 bits per heavy atom. The predicted molar refractivity (Wildman–Crippen MR) is 101 cm³/mol. The van der Waals surface area contributed by atoms with E-state index in [-0.39, 0.29) is 0 Å². The Labute approximate surface area is 146 Å². The number of likely N-dealkylation sites (tertiary alicyclic amines) is 1. The van der Waals surface area contributed by atoms with Crippen LogP contribution in [-0.2, 0) is 0 Å². The van der Waals surface area contributed by atoms with Crippen molar-refractivity contribution in [2.75, 3.05) is 40.3 Å². The Morgan fingerprint density at radius 1 is 1.21 bits per heavy atom. The Kier molecular flexibility index (Phi) is 7.89. The van der Waals surface area contributed by atoms with Crippen LogP contribution in [-0.4, -0.2) is 51.2 Å². The van der Waals surface area contributed by atoms with Gasteiger partial charge in [-0.3, -0.25) is 9.89 Å². The summed E-state index contributed by atoms with van der Waals surface area (Å²) in [4.78, 5) is 6.90. The molecule has 0 saturated carbocycles. The zero-order valence-electron chi connectivity index (χ0n) is 15.3. The second-order valence-corrected chi connectivity index (χ2v) is 6.27. The van der Waals surface area contributed by atoms with Crippen molar-refractivity contribution in [2.24, 2.45) is 4.99 Å². The summed E-state index contributed by atoms with van der Waals surface area (Å²) < 4.78 is 5.29. The molecule has 2 N–H and O–H groups in total. The first-order valence-electron chi connectivity index (χ1n) is 9.11. The van der Waals surface area contributed by atoms with E-state index in [0.29, 0.717) is 6.04 Å². The second kappa shape index (κ2) is 10.2. The second-order valence-electron chi connectivity index (χ2n) is 6.27. The van der Waals surface area contributed by atoms with Gasteiger partial charge in [-0.1, -0.05) is 25.5 Å². The standard InChI is InChI=1S/C19H32N4O/c1-4-5-12-21-19(20-2)22-15-18(23-13-6-7-14-23)16-8-10-17(24-3)11-9-16/h8-11,18H,4-7,12-15H2,1-3H3,(H2,20,21,22). The van der Waals surface area contributed by atoms with Crippen molar-refractivity contribution in [3.63, 3.8) is 0 Å². The van der Waals surface area contributed by atoms with E-state index in [1.54, 1.807) is 7.11 Å². The number of methoxy groups -OCH3 is 1. The number of ether oxygens (including phenoxy) is 1. The lowest BCUT2D eigenvalue weighted by molar-refractivity contribution is 0.245. The fraction of sp³-hybridized carbons (Fsp3) is 0.632. The SMILES string of the molecule is CCCCNC(=NC)NCC(c1ccc(OC)cc1)N1CCCC1. The van der Waals surface area contributed by atoms with E-state index in [1.165, 1.54) is 37.9 Å². The van der Waals surface area contributed by atoms with Crippen molar-refractivity contribution < 1.29 is 4.74 Å². The van der Waals surface area contributed by atoms with Gasteiger partial charge in [-0.25, -0.2) is 0 Å². The lowest BCUT2D eigenvalue weighted by Gasteiger charge is -2.29. The molecule has 1 saturated heterocycles. The topological polar surface area (TPSA) is 48.9 Å². The molecule has 5 nitrogen and oxygen atoms in total. The summed E-state index contributed by atoms with van der Waals surface area (Å²) >= 11 is 0. The first-order chi connectivity index (χ1) is 11.8. The molecule has 0 amide bonds. The third-order valence-corrected chi connectivity index (χ3v) is 4.59. The Balaban J connectivity index is 2.00. The largest absolute Gasteiger partial charge is 0.497 e. The molecule has 0 radical (unpaired) electrons. The fourth-order valence-electron chi connectivity index (χ4n) is 3.13. The van der Waals surface area contributed by atoms with Crippen LogP contribution in [0.2, 0.25) is 0 Å². The molecule has 1 aliphatic rings. The number of rotatable bonds is 8. The summed E-state index contributed by atoms with van der Waals surface area (Å²) in [5.41, 5.74) is 1.33. The van der Waals surface area contributed by atoms with Crippen LogP contribution in [0.25, 0.3) is 0 Å². The summed E-state index contributed by atoms with van der Waals surface area (Å²) in [5, 5.41) is 6.88. The Bertz CT molecular complexity index is 495. The Morgan fingerprint density at radius 2 is 1.92 bits per heavy atom. The molecule has 1 aromatic rings. The highest BCUT2D eigenvalue weighted by Crippen LogP contribution is 2.26. The van der Waals surface area contributed by atoms with Crippen molar-refractivity contribution >= 4 is 5.96 Å². The summed E-state index contributed by atoms with van der Waals surface area (Å²) in [5.74, 6) is 1.80. The number of unbranched alkanes of at least 4 members (excludes halogenated alkanes) is 1. The predicted octanol–water partition coefficient (Wildman–Crippen LogP) is 2.80. The minimum Gasteiger partial charge on any atom is -0.497 e. The summed E-state index contributed by atoms with van der Waals surface area (Å²) in [6.07, 6.45) is 4.92. The summed E-state index contributed by atoms with van der Waals surface area (Å²) in [7, 11) is 3.54. The van der Waals surface area contributed by atoms with Crippen molar-refractivity contribution in [3.05, 3.63) is 29.8 Å². The van der Waals surface area contributed by atoms with Crippen LogP contribution in [0, 0.1) is 0 Å². The molecule has 134 valence electrons. The Hall–Kier alpha value is -1.75. The van der Waals surface area contributed by atoms with Crippen LogP contribution >= 0.6 is 0 Å². The van der Waals surface area contributed by atoms with Crippen LogP contribution < -0.4 is 15.4 Å². The van der Waals surface area contributed by atoms with Crippen molar-refractivity contribution in [1.82, 2.24) is 15.5 Å². The van der Waals surface area contributed by atoms with E-state index in [2.05, 4.69) is 39.6 Å². The first kappa shape index (κ1) is 18.6. The van der Waals surface area contributed by atoms with E-state index >= 15 is 0 Å². The van der Waals surface area contributed by atoms with Gasteiger partial charge in [-0.15, -0.1) is 0 Å². The lowest BCUT2D eigenvalue weighted by atomic mass is 10.1. The molecule has 1 atom stereocenters. The number of aliphatic imine (C=N–C) groups is 1. The van der Waals surface area contributed by atoms with E-state index in [1.807, 2.05) is 19.2 Å². The molecule has 1 aliphatic heterocycles. The van der Waals surface area contributed by atoms with Gasteiger partial charge in [0, 0.05) is 20.1 Å². The molecule has 0 aromatic heterocycles. The molecular formula is C19H32N4O. The minimum absolute atomic E-state index is 0.364. The maximum absolute atomic E-state index is 5.29. The molecule has 5 heteroatoms. The first-order valence-corrected chi connectivity index (χ1v) is 9.11. The minimum atomic E-state index is 0.364. The highest BCUT2D eigenvalue weighted by Gasteiger charge is 2.23. The number of nitrogens with zero attached hydrogens (tertiary/aromatic N) is 2. The molecule has 1 fully saturated rings. The zero-order chi connectivity index (χ0) is 17.2. The number of hydrogen-bond acceptors (Lipinski definition) is 3. The van der Waals surface area contributed by atoms with Crippen molar-refractivity contribution in [1.29, 1.82) is 0 Å². The zero-order valence-corrected chi connectivity index (χ0v) is 15.3.